The van der Waals surface area contributed by atoms with Gasteiger partial charge in [-0.3, -0.25) is 9.69 Å². The summed E-state index contributed by atoms with van der Waals surface area (Å²) in [5.41, 5.74) is 9.50. The summed E-state index contributed by atoms with van der Waals surface area (Å²) in [5.74, 6) is -1.09. The quantitative estimate of drug-likeness (QED) is 0.555. The summed E-state index contributed by atoms with van der Waals surface area (Å²) in [5, 5.41) is 9.26. The number of halogens is 1. The van der Waals surface area contributed by atoms with E-state index in [-0.39, 0.29) is 22.8 Å². The summed E-state index contributed by atoms with van der Waals surface area (Å²) < 4.78 is 14.1. The number of carbonyl (C=O) groups is 1. The molecule has 1 heterocycles. The molecule has 0 fully saturated rings. The smallest absolute Gasteiger partial charge is 0.239 e. The fourth-order valence-corrected chi connectivity index (χ4v) is 4.63. The maximum atomic E-state index is 14.1. The third kappa shape index (κ3) is 4.42. The molecule has 0 spiro atoms. The maximum Gasteiger partial charge on any atom is 0.239 e. The molecule has 2 N–H and O–H groups in total. The van der Waals surface area contributed by atoms with Gasteiger partial charge in [-0.1, -0.05) is 63.2 Å². The first-order valence-corrected chi connectivity index (χ1v) is 11.5. The Bertz CT molecular complexity index is 1360. The molecular formula is C29H29FN4O. The van der Waals surface area contributed by atoms with Crippen LogP contribution in [0.4, 0.5) is 4.39 Å². The lowest BCUT2D eigenvalue weighted by Crippen LogP contribution is -2.52. The number of hydrogen-bond donors (Lipinski definition) is 1. The highest BCUT2D eigenvalue weighted by atomic mass is 19.1. The van der Waals surface area contributed by atoms with Crippen molar-refractivity contribution in [3.05, 3.63) is 94.8 Å². The monoisotopic (exact) mass is 468 g/mol. The van der Waals surface area contributed by atoms with Crippen molar-refractivity contribution < 1.29 is 9.18 Å². The molecule has 0 radical (unpaired) electrons. The lowest BCUT2D eigenvalue weighted by Gasteiger charge is -2.41. The van der Waals surface area contributed by atoms with Crippen molar-refractivity contribution in [1.29, 1.82) is 5.26 Å². The molecule has 5 nitrogen and oxygen atoms in total. The fourth-order valence-electron chi connectivity index (χ4n) is 4.63. The van der Waals surface area contributed by atoms with Crippen molar-refractivity contribution in [1.82, 2.24) is 4.90 Å². The van der Waals surface area contributed by atoms with Crippen LogP contribution in [-0.2, 0) is 15.7 Å². The lowest BCUT2D eigenvalue weighted by atomic mass is 9.73. The Morgan fingerprint density at radius 3 is 2.37 bits per heavy atom. The van der Waals surface area contributed by atoms with Crippen LogP contribution in [0.2, 0.25) is 0 Å². The Morgan fingerprint density at radius 1 is 1.06 bits per heavy atom. The van der Waals surface area contributed by atoms with Gasteiger partial charge in [0, 0.05) is 7.05 Å². The second kappa shape index (κ2) is 8.66. The summed E-state index contributed by atoms with van der Waals surface area (Å²) in [6.07, 6.45) is 0. The molecule has 0 saturated carbocycles. The van der Waals surface area contributed by atoms with E-state index < -0.39 is 17.3 Å². The minimum atomic E-state index is -0.988. The first-order valence-electron chi connectivity index (χ1n) is 11.5. The number of hydrogen-bond acceptors (Lipinski definition) is 4. The van der Waals surface area contributed by atoms with E-state index in [9.17, 15) is 14.4 Å². The van der Waals surface area contributed by atoms with Gasteiger partial charge in [0.15, 0.2) is 5.96 Å². The van der Waals surface area contributed by atoms with Gasteiger partial charge in [-0.05, 0) is 64.4 Å². The van der Waals surface area contributed by atoms with E-state index in [0.717, 1.165) is 16.7 Å². The zero-order valence-electron chi connectivity index (χ0n) is 20.6. The molecule has 1 unspecified atom stereocenters. The van der Waals surface area contributed by atoms with Crippen LogP contribution in [0.1, 0.15) is 55.9 Å². The molecule has 4 rings (SSSR count). The predicted octanol–water partition coefficient (Wildman–Crippen LogP) is 5.45. The van der Waals surface area contributed by atoms with Crippen LogP contribution < -0.4 is 5.73 Å². The van der Waals surface area contributed by atoms with Gasteiger partial charge in [0.05, 0.1) is 17.6 Å². The van der Waals surface area contributed by atoms with E-state index in [1.165, 1.54) is 22.6 Å². The molecule has 35 heavy (non-hydrogen) atoms. The third-order valence-electron chi connectivity index (χ3n) is 6.75. The summed E-state index contributed by atoms with van der Waals surface area (Å²) in [6.45, 7) is 8.34. The number of likely N-dealkylation sites (N-methyl/N-ethyl adjacent to an activating group) is 1. The molecule has 0 aromatic heterocycles. The molecule has 3 aromatic carbocycles. The first kappa shape index (κ1) is 24.2. The number of rotatable bonds is 3. The van der Waals surface area contributed by atoms with E-state index in [1.54, 1.807) is 13.1 Å². The lowest BCUT2D eigenvalue weighted by molar-refractivity contribution is -0.130. The molecule has 6 heteroatoms. The highest BCUT2D eigenvalue weighted by molar-refractivity contribution is 6.02. The van der Waals surface area contributed by atoms with E-state index in [1.807, 2.05) is 49.4 Å². The Morgan fingerprint density at radius 2 is 1.74 bits per heavy atom. The Balaban J connectivity index is 1.86. The fraction of sp³-hybridized carbons (Fsp3) is 0.276. The molecule has 1 amide bonds. The largest absolute Gasteiger partial charge is 0.369 e. The van der Waals surface area contributed by atoms with Crippen molar-refractivity contribution >= 4 is 11.9 Å². The SMILES string of the molecule is CN1C(=O)C(c2ccc(C(C)(C)C)cc2)[C@@](C)(c2cccc(-c3cc(F)cc(C#N)c3)c2)N=C1N. The topological polar surface area (TPSA) is 82.5 Å². The van der Waals surface area contributed by atoms with E-state index in [0.29, 0.717) is 5.56 Å². The Kier molecular flexibility index (Phi) is 5.98. The second-order valence-electron chi connectivity index (χ2n) is 10.2. The second-order valence-corrected chi connectivity index (χ2v) is 10.2. The number of nitrogens with zero attached hydrogens (tertiary/aromatic N) is 3. The van der Waals surface area contributed by atoms with Gasteiger partial charge in [0.2, 0.25) is 5.91 Å². The summed E-state index contributed by atoms with van der Waals surface area (Å²) in [4.78, 5) is 19.8. The molecule has 3 aromatic rings. The van der Waals surface area contributed by atoms with Crippen LogP contribution in [0.15, 0.2) is 71.7 Å². The van der Waals surface area contributed by atoms with Gasteiger partial charge < -0.3 is 5.73 Å². The predicted molar refractivity (Wildman–Crippen MR) is 136 cm³/mol. The molecule has 1 aliphatic heterocycles. The average Bonchev–Trinajstić information content (AvgIpc) is 2.82. The molecule has 1 aliphatic rings. The molecular weight excluding hydrogens is 439 g/mol. The van der Waals surface area contributed by atoms with Crippen LogP contribution in [0.5, 0.6) is 0 Å². The zero-order chi connectivity index (χ0) is 25.5. The van der Waals surface area contributed by atoms with Crippen LogP contribution in [-0.4, -0.2) is 23.8 Å². The van der Waals surface area contributed by atoms with Crippen LogP contribution in [0.25, 0.3) is 11.1 Å². The highest BCUT2D eigenvalue weighted by Gasteiger charge is 2.47. The third-order valence-corrected chi connectivity index (χ3v) is 6.75. The molecule has 0 saturated heterocycles. The molecule has 178 valence electrons. The van der Waals surface area contributed by atoms with Crippen molar-refractivity contribution in [2.75, 3.05) is 7.05 Å². The number of carbonyl (C=O) groups excluding carboxylic acids is 1. The average molecular weight is 469 g/mol. The molecule has 0 bridgehead atoms. The van der Waals surface area contributed by atoms with Gasteiger partial charge in [0.1, 0.15) is 11.4 Å². The van der Waals surface area contributed by atoms with Crippen LogP contribution in [0, 0.1) is 17.1 Å². The van der Waals surface area contributed by atoms with Crippen LogP contribution >= 0.6 is 0 Å². The summed E-state index contributed by atoms with van der Waals surface area (Å²) >= 11 is 0. The van der Waals surface area contributed by atoms with E-state index >= 15 is 0 Å². The minimum absolute atomic E-state index is 0.0145. The van der Waals surface area contributed by atoms with Gasteiger partial charge >= 0.3 is 0 Å². The van der Waals surface area contributed by atoms with Crippen molar-refractivity contribution in [3.63, 3.8) is 0 Å². The van der Waals surface area contributed by atoms with Crippen molar-refractivity contribution in [2.45, 2.75) is 44.6 Å². The van der Waals surface area contributed by atoms with Gasteiger partial charge in [-0.2, -0.15) is 5.26 Å². The number of nitriles is 1. The van der Waals surface area contributed by atoms with E-state index in [4.69, 9.17) is 10.7 Å². The first-order chi connectivity index (χ1) is 16.4. The van der Waals surface area contributed by atoms with Crippen molar-refractivity contribution in [3.8, 4) is 17.2 Å². The highest BCUT2D eigenvalue weighted by Crippen LogP contribution is 2.45. The number of nitrogens with two attached hydrogens (primary N) is 1. The number of aliphatic imine (C=N–C) groups is 1. The molecule has 2 atom stereocenters. The normalized spacial score (nSPS) is 20.4. The Hall–Kier alpha value is -3.98. The van der Waals surface area contributed by atoms with Gasteiger partial charge in [0.25, 0.3) is 0 Å². The van der Waals surface area contributed by atoms with Gasteiger partial charge in [-0.15, -0.1) is 0 Å². The zero-order valence-corrected chi connectivity index (χ0v) is 20.6. The van der Waals surface area contributed by atoms with Crippen LogP contribution in [0.3, 0.4) is 0 Å². The van der Waals surface area contributed by atoms with E-state index in [2.05, 4.69) is 32.9 Å². The maximum absolute atomic E-state index is 14.1. The number of guanidine groups is 1. The standard InChI is InChI=1S/C29H29FN4O/c1-28(2,3)22-11-9-19(10-12-22)25-26(35)34(5)27(32)33-29(25,4)23-8-6-7-20(15-23)21-13-18(17-31)14-24(30)16-21/h6-16,25H,1-5H3,(H2,32,33)/t25?,29-/m1/s1. The van der Waals surface area contributed by atoms with Crippen molar-refractivity contribution in [2.24, 2.45) is 10.7 Å². The Labute approximate surface area is 205 Å². The molecule has 0 aliphatic carbocycles. The van der Waals surface area contributed by atoms with Gasteiger partial charge in [-0.25, -0.2) is 9.38 Å². The summed E-state index contributed by atoms with van der Waals surface area (Å²) in [7, 11) is 1.63. The number of benzene rings is 3. The number of amides is 1. The summed E-state index contributed by atoms with van der Waals surface area (Å²) in [6, 6.07) is 21.8. The minimum Gasteiger partial charge on any atom is -0.369 e.